The molecule has 84 valence electrons. The van der Waals surface area contributed by atoms with Crippen LogP contribution in [0.5, 0.6) is 0 Å². The van der Waals surface area contributed by atoms with Gasteiger partial charge in [0.15, 0.2) is 0 Å². The summed E-state index contributed by atoms with van der Waals surface area (Å²) in [6.45, 7) is 3.42. The number of sulfonamides is 1. The number of nitrogens with one attached hydrogen (secondary N) is 1. The first kappa shape index (κ1) is 12.5. The predicted molar refractivity (Wildman–Crippen MR) is 62.1 cm³/mol. The van der Waals surface area contributed by atoms with Gasteiger partial charge in [0.2, 0.25) is 10.0 Å². The molecule has 0 saturated heterocycles. The van der Waals surface area contributed by atoms with Crippen LogP contribution in [0.25, 0.3) is 0 Å². The van der Waals surface area contributed by atoms with Crippen molar-refractivity contribution in [2.24, 2.45) is 5.92 Å². The highest BCUT2D eigenvalue weighted by atomic mass is 79.9. The molecule has 2 atom stereocenters. The first-order valence-corrected chi connectivity index (χ1v) is 7.71. The Labute approximate surface area is 94.8 Å². The van der Waals surface area contributed by atoms with Gasteiger partial charge in [-0.1, -0.05) is 22.4 Å². The highest BCUT2D eigenvalue weighted by Gasteiger charge is 2.30. The Morgan fingerprint density at radius 1 is 1.43 bits per heavy atom. The molecular formula is C9H18BrNO2S. The molecule has 1 aliphatic carbocycles. The van der Waals surface area contributed by atoms with E-state index in [1.807, 2.05) is 0 Å². The molecular weight excluding hydrogens is 266 g/mol. The minimum Gasteiger partial charge on any atom is -0.212 e. The van der Waals surface area contributed by atoms with E-state index in [0.717, 1.165) is 24.6 Å². The summed E-state index contributed by atoms with van der Waals surface area (Å²) >= 11 is 3.43. The molecule has 1 saturated carbocycles. The first-order chi connectivity index (χ1) is 6.47. The minimum absolute atomic E-state index is 0.141. The van der Waals surface area contributed by atoms with E-state index >= 15 is 0 Å². The van der Waals surface area contributed by atoms with E-state index in [2.05, 4.69) is 20.7 Å². The van der Waals surface area contributed by atoms with Gasteiger partial charge in [-0.3, -0.25) is 0 Å². The summed E-state index contributed by atoms with van der Waals surface area (Å²) in [5.41, 5.74) is 0. The van der Waals surface area contributed by atoms with E-state index in [1.165, 1.54) is 0 Å². The second-order valence-corrected chi connectivity index (χ2v) is 7.08. The summed E-state index contributed by atoms with van der Waals surface area (Å²) in [4.78, 5) is 0. The molecule has 5 heteroatoms. The quantitative estimate of drug-likeness (QED) is 0.801. The van der Waals surface area contributed by atoms with Crippen molar-refractivity contribution < 1.29 is 8.42 Å². The molecule has 0 aromatic rings. The Balaban J connectivity index is 2.60. The summed E-state index contributed by atoms with van der Waals surface area (Å²) in [5, 5.41) is 0.553. The van der Waals surface area contributed by atoms with Gasteiger partial charge in [0.25, 0.3) is 0 Å². The molecule has 0 aromatic carbocycles. The molecule has 1 rings (SSSR count). The molecule has 0 spiro atoms. The lowest BCUT2D eigenvalue weighted by Gasteiger charge is -2.20. The van der Waals surface area contributed by atoms with E-state index in [-0.39, 0.29) is 11.3 Å². The van der Waals surface area contributed by atoms with Gasteiger partial charge in [-0.05, 0) is 32.6 Å². The summed E-state index contributed by atoms with van der Waals surface area (Å²) in [5.74, 6) is 0.462. The van der Waals surface area contributed by atoms with Crippen LogP contribution >= 0.6 is 15.9 Å². The zero-order valence-electron chi connectivity index (χ0n) is 8.66. The van der Waals surface area contributed by atoms with Crippen molar-refractivity contribution in [3.63, 3.8) is 0 Å². The van der Waals surface area contributed by atoms with Crippen molar-refractivity contribution in [3.8, 4) is 0 Å². The number of alkyl halides is 1. The SMILES string of the molecule is CC(C)S(=O)(=O)NC1CCCC1CBr. The van der Waals surface area contributed by atoms with Crippen LogP contribution in [0.15, 0.2) is 0 Å². The number of rotatable bonds is 4. The van der Waals surface area contributed by atoms with Crippen molar-refractivity contribution in [2.75, 3.05) is 5.33 Å². The molecule has 3 nitrogen and oxygen atoms in total. The van der Waals surface area contributed by atoms with Crippen molar-refractivity contribution in [1.82, 2.24) is 4.72 Å². The van der Waals surface area contributed by atoms with E-state index in [0.29, 0.717) is 5.92 Å². The van der Waals surface area contributed by atoms with Crippen molar-refractivity contribution in [3.05, 3.63) is 0 Å². The van der Waals surface area contributed by atoms with Gasteiger partial charge in [-0.2, -0.15) is 0 Å². The Bertz CT molecular complexity index is 277. The van der Waals surface area contributed by atoms with Crippen molar-refractivity contribution >= 4 is 26.0 Å². The fourth-order valence-corrected chi connectivity index (χ4v) is 3.50. The molecule has 14 heavy (non-hydrogen) atoms. The van der Waals surface area contributed by atoms with E-state index < -0.39 is 10.0 Å². The van der Waals surface area contributed by atoms with Crippen LogP contribution < -0.4 is 4.72 Å². The summed E-state index contributed by atoms with van der Waals surface area (Å²) < 4.78 is 26.0. The average molecular weight is 284 g/mol. The average Bonchev–Trinajstić information content (AvgIpc) is 2.50. The second kappa shape index (κ2) is 4.94. The van der Waals surface area contributed by atoms with Crippen molar-refractivity contribution in [1.29, 1.82) is 0 Å². The third-order valence-electron chi connectivity index (χ3n) is 2.79. The lowest BCUT2D eigenvalue weighted by atomic mass is 10.1. The largest absolute Gasteiger partial charge is 0.214 e. The topological polar surface area (TPSA) is 46.2 Å². The van der Waals surface area contributed by atoms with Crippen LogP contribution in [0.4, 0.5) is 0 Å². The van der Waals surface area contributed by atoms with Crippen LogP contribution in [0, 0.1) is 5.92 Å². The first-order valence-electron chi connectivity index (χ1n) is 5.04. The van der Waals surface area contributed by atoms with Crippen LogP contribution in [-0.4, -0.2) is 25.0 Å². The predicted octanol–water partition coefficient (Wildman–Crippen LogP) is 1.88. The smallest absolute Gasteiger partial charge is 0.212 e. The maximum Gasteiger partial charge on any atom is 0.214 e. The highest BCUT2D eigenvalue weighted by Crippen LogP contribution is 2.27. The van der Waals surface area contributed by atoms with Gasteiger partial charge in [-0.15, -0.1) is 0 Å². The molecule has 0 aliphatic heterocycles. The molecule has 0 heterocycles. The van der Waals surface area contributed by atoms with Crippen LogP contribution in [-0.2, 0) is 10.0 Å². The normalized spacial score (nSPS) is 28.6. The van der Waals surface area contributed by atoms with E-state index in [4.69, 9.17) is 0 Å². The van der Waals surface area contributed by atoms with Gasteiger partial charge in [-0.25, -0.2) is 13.1 Å². The Morgan fingerprint density at radius 2 is 2.07 bits per heavy atom. The molecule has 0 radical (unpaired) electrons. The molecule has 1 N–H and O–H groups in total. The summed E-state index contributed by atoms with van der Waals surface area (Å²) in [6.07, 6.45) is 3.22. The van der Waals surface area contributed by atoms with Crippen molar-refractivity contribution in [2.45, 2.75) is 44.4 Å². The van der Waals surface area contributed by atoms with E-state index in [9.17, 15) is 8.42 Å². The number of halogens is 1. The fraction of sp³-hybridized carbons (Fsp3) is 1.00. The van der Waals surface area contributed by atoms with Gasteiger partial charge < -0.3 is 0 Å². The van der Waals surface area contributed by atoms with Crippen LogP contribution in [0.1, 0.15) is 33.1 Å². The monoisotopic (exact) mass is 283 g/mol. The van der Waals surface area contributed by atoms with Gasteiger partial charge in [0.05, 0.1) is 5.25 Å². The summed E-state index contributed by atoms with van der Waals surface area (Å²) in [7, 11) is -3.10. The lowest BCUT2D eigenvalue weighted by molar-refractivity contribution is 0.481. The second-order valence-electron chi connectivity index (χ2n) is 4.16. The standard InChI is InChI=1S/C9H18BrNO2S/c1-7(2)14(12,13)11-9-5-3-4-8(9)6-10/h7-9,11H,3-6H2,1-2H3. The Morgan fingerprint density at radius 3 is 2.57 bits per heavy atom. The molecule has 1 aliphatic rings. The van der Waals surface area contributed by atoms with Crippen LogP contribution in [0.3, 0.4) is 0 Å². The molecule has 0 aromatic heterocycles. The van der Waals surface area contributed by atoms with E-state index in [1.54, 1.807) is 13.8 Å². The molecule has 1 fully saturated rings. The zero-order chi connectivity index (χ0) is 10.8. The number of hydrogen-bond donors (Lipinski definition) is 1. The summed E-state index contributed by atoms with van der Waals surface area (Å²) in [6, 6.07) is 0.141. The van der Waals surface area contributed by atoms with Gasteiger partial charge in [0, 0.05) is 11.4 Å². The third kappa shape index (κ3) is 2.94. The zero-order valence-corrected chi connectivity index (χ0v) is 11.1. The maximum absolute atomic E-state index is 11.6. The Hall–Kier alpha value is 0.390. The lowest BCUT2D eigenvalue weighted by Crippen LogP contribution is -2.41. The third-order valence-corrected chi connectivity index (χ3v) is 5.50. The molecule has 0 amide bonds. The number of hydrogen-bond acceptors (Lipinski definition) is 2. The van der Waals surface area contributed by atoms with Gasteiger partial charge >= 0.3 is 0 Å². The minimum atomic E-state index is -3.10. The Kier molecular flexibility index (Phi) is 4.40. The molecule has 2 unspecified atom stereocenters. The molecule has 0 bridgehead atoms. The van der Waals surface area contributed by atoms with Crippen LogP contribution in [0.2, 0.25) is 0 Å². The highest BCUT2D eigenvalue weighted by molar-refractivity contribution is 9.09. The maximum atomic E-state index is 11.6. The van der Waals surface area contributed by atoms with Gasteiger partial charge in [0.1, 0.15) is 0 Å². The fourth-order valence-electron chi connectivity index (χ4n) is 1.72.